The van der Waals surface area contributed by atoms with E-state index in [1.165, 1.54) is 16.4 Å². The van der Waals surface area contributed by atoms with Gasteiger partial charge in [-0.3, -0.25) is 9.80 Å². The second-order valence-electron chi connectivity index (χ2n) is 2.99. The summed E-state index contributed by atoms with van der Waals surface area (Å²) in [7, 11) is 3.46. The molecule has 0 aliphatic carbocycles. The molecule has 1 aromatic heterocycles. The quantitative estimate of drug-likeness (QED) is 0.678. The lowest BCUT2D eigenvalue weighted by Crippen LogP contribution is -2.25. The van der Waals surface area contributed by atoms with Crippen molar-refractivity contribution in [2.75, 3.05) is 18.3 Å². The highest BCUT2D eigenvalue weighted by molar-refractivity contribution is 8.38. The van der Waals surface area contributed by atoms with Crippen molar-refractivity contribution in [3.8, 4) is 0 Å². The predicted molar refractivity (Wildman–Crippen MR) is 64.7 cm³/mol. The first-order valence-electron chi connectivity index (χ1n) is 4.24. The highest BCUT2D eigenvalue weighted by atomic mass is 32.2. The van der Waals surface area contributed by atoms with Crippen LogP contribution in [0.4, 0.5) is 5.69 Å². The summed E-state index contributed by atoms with van der Waals surface area (Å²) in [5.74, 6) is 0. The van der Waals surface area contributed by atoms with E-state index in [0.29, 0.717) is 0 Å². The zero-order valence-corrected chi connectivity index (χ0v) is 10.2. The van der Waals surface area contributed by atoms with Crippen molar-refractivity contribution < 1.29 is 0 Å². The van der Waals surface area contributed by atoms with Gasteiger partial charge in [0.15, 0.2) is 4.38 Å². The van der Waals surface area contributed by atoms with E-state index in [0.717, 1.165) is 15.1 Å². The van der Waals surface area contributed by atoms with Crippen molar-refractivity contribution in [2.45, 2.75) is 5.03 Å². The van der Waals surface area contributed by atoms with Crippen LogP contribution in [0.15, 0.2) is 21.0 Å². The number of rotatable bonds is 0. The van der Waals surface area contributed by atoms with Crippen molar-refractivity contribution in [1.29, 1.82) is 0 Å². The third kappa shape index (κ3) is 1.89. The second-order valence-corrected chi connectivity index (χ2v) is 5.02. The van der Waals surface area contributed by atoms with Crippen LogP contribution in [0, 0.1) is 0 Å². The van der Waals surface area contributed by atoms with Crippen LogP contribution in [0.1, 0.15) is 0 Å². The van der Waals surface area contributed by atoms with Gasteiger partial charge in [-0.25, -0.2) is 4.68 Å². The molecular weight excluding hydrogens is 232 g/mol. The number of nitrogens with zero attached hydrogens (tertiary/aromatic N) is 4. The Balaban J connectivity index is 2.52. The fraction of sp³-hybridized carbons (Fsp3) is 0.375. The molecule has 2 rings (SSSR count). The average Bonchev–Trinajstić information content (AvgIpc) is 2.21. The summed E-state index contributed by atoms with van der Waals surface area (Å²) in [6, 6.07) is 1.55. The molecule has 7 heteroatoms. The smallest absolute Gasteiger partial charge is 0.268 e. The highest BCUT2D eigenvalue weighted by Crippen LogP contribution is 2.34. The summed E-state index contributed by atoms with van der Waals surface area (Å²) in [5.41, 5.74) is 0.643. The first-order chi connectivity index (χ1) is 7.11. The Bertz CT molecular complexity index is 482. The minimum atomic E-state index is -0.121. The number of thioether (sulfide) groups is 2. The second kappa shape index (κ2) is 3.90. The normalized spacial score (nSPS) is 14.9. The average molecular weight is 242 g/mol. The maximum Gasteiger partial charge on any atom is 0.268 e. The Labute approximate surface area is 95.5 Å². The van der Waals surface area contributed by atoms with Crippen LogP contribution in [-0.4, -0.2) is 27.5 Å². The van der Waals surface area contributed by atoms with E-state index in [1.807, 2.05) is 13.3 Å². The van der Waals surface area contributed by atoms with Crippen molar-refractivity contribution in [2.24, 2.45) is 12.1 Å². The lowest BCUT2D eigenvalue weighted by Gasteiger charge is -2.21. The fourth-order valence-electron chi connectivity index (χ4n) is 1.18. The zero-order valence-electron chi connectivity index (χ0n) is 8.59. The molecule has 5 nitrogen and oxygen atoms in total. The van der Waals surface area contributed by atoms with E-state index in [9.17, 15) is 4.79 Å². The molecule has 0 aromatic carbocycles. The van der Waals surface area contributed by atoms with Gasteiger partial charge in [-0.05, 0) is 18.0 Å². The van der Waals surface area contributed by atoms with Gasteiger partial charge >= 0.3 is 0 Å². The summed E-state index contributed by atoms with van der Waals surface area (Å²) >= 11 is 3.05. The summed E-state index contributed by atoms with van der Waals surface area (Å²) in [4.78, 5) is 11.4. The van der Waals surface area contributed by atoms with Crippen LogP contribution >= 0.6 is 23.5 Å². The summed E-state index contributed by atoms with van der Waals surface area (Å²) in [5, 5.41) is 11.0. The van der Waals surface area contributed by atoms with Crippen LogP contribution in [-0.2, 0) is 7.05 Å². The SMILES string of the molecule is CSC1=NN(C)c2cc(=O)n(C)nc2S1. The molecule has 0 N–H and O–H groups in total. The van der Waals surface area contributed by atoms with E-state index in [4.69, 9.17) is 0 Å². The van der Waals surface area contributed by atoms with Gasteiger partial charge in [0.2, 0.25) is 0 Å². The molecule has 0 radical (unpaired) electrons. The van der Waals surface area contributed by atoms with E-state index in [-0.39, 0.29) is 5.56 Å². The third-order valence-corrected chi connectivity index (χ3v) is 3.90. The van der Waals surface area contributed by atoms with Crippen molar-refractivity contribution in [3.63, 3.8) is 0 Å². The Kier molecular flexibility index (Phi) is 2.74. The highest BCUT2D eigenvalue weighted by Gasteiger charge is 2.19. The minimum absolute atomic E-state index is 0.121. The van der Waals surface area contributed by atoms with Crippen molar-refractivity contribution in [1.82, 2.24) is 9.78 Å². The molecule has 1 aromatic rings. The van der Waals surface area contributed by atoms with Crippen LogP contribution in [0.3, 0.4) is 0 Å². The largest absolute Gasteiger partial charge is 0.268 e. The van der Waals surface area contributed by atoms with Gasteiger partial charge in [-0.15, -0.1) is 11.8 Å². The van der Waals surface area contributed by atoms with Gasteiger partial charge in [0.1, 0.15) is 5.03 Å². The third-order valence-electron chi connectivity index (χ3n) is 1.98. The number of anilines is 1. The molecule has 0 unspecified atom stereocenters. The van der Waals surface area contributed by atoms with Crippen LogP contribution in [0.2, 0.25) is 0 Å². The van der Waals surface area contributed by atoms with Gasteiger partial charge in [0, 0.05) is 20.2 Å². The van der Waals surface area contributed by atoms with E-state index >= 15 is 0 Å². The molecule has 15 heavy (non-hydrogen) atoms. The van der Waals surface area contributed by atoms with Gasteiger partial charge in [0.05, 0.1) is 5.69 Å². The van der Waals surface area contributed by atoms with Crippen LogP contribution in [0.25, 0.3) is 0 Å². The molecule has 80 valence electrons. The fourth-order valence-corrected chi connectivity index (χ4v) is 2.74. The summed E-state index contributed by atoms with van der Waals surface area (Å²) < 4.78 is 2.26. The molecule has 0 bridgehead atoms. The van der Waals surface area contributed by atoms with E-state index in [2.05, 4.69) is 10.2 Å². The predicted octanol–water partition coefficient (Wildman–Crippen LogP) is 0.956. The molecule has 2 heterocycles. The minimum Gasteiger partial charge on any atom is -0.268 e. The van der Waals surface area contributed by atoms with Crippen LogP contribution < -0.4 is 10.6 Å². The number of hydrazone groups is 1. The number of fused-ring (bicyclic) bond motifs is 1. The zero-order chi connectivity index (χ0) is 11.0. The lowest BCUT2D eigenvalue weighted by atomic mass is 10.4. The number of hydrogen-bond acceptors (Lipinski definition) is 6. The van der Waals surface area contributed by atoms with Crippen molar-refractivity contribution >= 4 is 33.6 Å². The first-order valence-corrected chi connectivity index (χ1v) is 6.28. The maximum atomic E-state index is 11.4. The van der Waals surface area contributed by atoms with Crippen LogP contribution in [0.5, 0.6) is 0 Å². The molecule has 0 fully saturated rings. The van der Waals surface area contributed by atoms with Gasteiger partial charge < -0.3 is 0 Å². The lowest BCUT2D eigenvalue weighted by molar-refractivity contribution is 0.664. The van der Waals surface area contributed by atoms with E-state index in [1.54, 1.807) is 29.9 Å². The maximum absolute atomic E-state index is 11.4. The molecule has 0 saturated heterocycles. The Morgan fingerprint density at radius 3 is 2.87 bits per heavy atom. The molecule has 0 amide bonds. The monoisotopic (exact) mass is 242 g/mol. The number of hydrogen-bond donors (Lipinski definition) is 0. The topological polar surface area (TPSA) is 50.5 Å². The Morgan fingerprint density at radius 2 is 2.20 bits per heavy atom. The molecule has 0 spiro atoms. The molecule has 1 aliphatic rings. The van der Waals surface area contributed by atoms with Gasteiger partial charge in [-0.1, -0.05) is 0 Å². The molecule has 0 atom stereocenters. The molecule has 0 saturated carbocycles. The molecule has 1 aliphatic heterocycles. The first kappa shape index (κ1) is 10.6. The molecular formula is C8H10N4OS2. The Hall–Kier alpha value is -0.950. The van der Waals surface area contributed by atoms with E-state index < -0.39 is 0 Å². The number of aryl methyl sites for hydroxylation is 1. The van der Waals surface area contributed by atoms with Crippen molar-refractivity contribution in [3.05, 3.63) is 16.4 Å². The Morgan fingerprint density at radius 1 is 1.47 bits per heavy atom. The van der Waals surface area contributed by atoms with Gasteiger partial charge in [0.25, 0.3) is 5.56 Å². The standard InChI is InChI=1S/C8H10N4OS2/c1-11-5-4-6(13)12(2)9-7(5)15-8(10-11)14-3/h4H,1-3H3. The summed E-state index contributed by atoms with van der Waals surface area (Å²) in [6.45, 7) is 0. The summed E-state index contributed by atoms with van der Waals surface area (Å²) in [6.07, 6.45) is 1.96. The van der Waals surface area contributed by atoms with Gasteiger partial charge in [-0.2, -0.15) is 10.2 Å². The number of aromatic nitrogens is 2.